The van der Waals surface area contributed by atoms with Crippen molar-refractivity contribution in [2.75, 3.05) is 21.1 Å². The van der Waals surface area contributed by atoms with Crippen LogP contribution in [-0.4, -0.2) is 31.9 Å². The SMILES string of the molecule is CCC(C)O[N+](C)(C)C. The van der Waals surface area contributed by atoms with Gasteiger partial charge in [0.05, 0.1) is 21.1 Å². The van der Waals surface area contributed by atoms with E-state index < -0.39 is 0 Å². The third-order valence-corrected chi connectivity index (χ3v) is 1.07. The van der Waals surface area contributed by atoms with Crippen molar-refractivity contribution in [3.63, 3.8) is 0 Å². The molecule has 0 aliphatic rings. The van der Waals surface area contributed by atoms with Crippen molar-refractivity contribution in [3.8, 4) is 0 Å². The molecule has 0 radical (unpaired) electrons. The molecule has 0 fully saturated rings. The van der Waals surface area contributed by atoms with Crippen LogP contribution in [0.4, 0.5) is 0 Å². The molecule has 0 heterocycles. The fraction of sp³-hybridized carbons (Fsp3) is 1.00. The zero-order valence-electron chi connectivity index (χ0n) is 7.14. The Bertz CT molecular complexity index is 75.5. The molecule has 0 aliphatic heterocycles. The summed E-state index contributed by atoms with van der Waals surface area (Å²) in [6.45, 7) is 4.21. The Kier molecular flexibility index (Phi) is 3.15. The summed E-state index contributed by atoms with van der Waals surface area (Å²) < 4.78 is 0.592. The second-order valence-electron chi connectivity index (χ2n) is 3.21. The van der Waals surface area contributed by atoms with Crippen LogP contribution in [0.2, 0.25) is 0 Å². The van der Waals surface area contributed by atoms with Crippen molar-refractivity contribution >= 4 is 0 Å². The Morgan fingerprint density at radius 3 is 1.89 bits per heavy atom. The molecule has 2 heteroatoms. The van der Waals surface area contributed by atoms with E-state index in [1.807, 2.05) is 21.1 Å². The molecule has 0 aromatic rings. The Hall–Kier alpha value is -0.0800. The molecule has 2 nitrogen and oxygen atoms in total. The summed E-state index contributed by atoms with van der Waals surface area (Å²) in [4.78, 5) is 5.52. The number of nitrogens with zero attached hydrogens (tertiary/aromatic N) is 1. The smallest absolute Gasteiger partial charge is 0.114 e. The first kappa shape index (κ1) is 8.92. The van der Waals surface area contributed by atoms with Crippen molar-refractivity contribution < 1.29 is 9.48 Å². The maximum atomic E-state index is 5.52. The van der Waals surface area contributed by atoms with E-state index >= 15 is 0 Å². The van der Waals surface area contributed by atoms with E-state index in [9.17, 15) is 0 Å². The molecular weight excluding hydrogens is 114 g/mol. The minimum absolute atomic E-state index is 0.366. The van der Waals surface area contributed by atoms with E-state index in [0.717, 1.165) is 6.42 Å². The molecule has 0 spiro atoms. The Balaban J connectivity index is 3.47. The number of hydrogen-bond donors (Lipinski definition) is 0. The van der Waals surface area contributed by atoms with E-state index in [-0.39, 0.29) is 0 Å². The van der Waals surface area contributed by atoms with E-state index in [1.165, 1.54) is 0 Å². The van der Waals surface area contributed by atoms with Crippen LogP contribution in [0.3, 0.4) is 0 Å². The molecular formula is C7H18NO+. The Morgan fingerprint density at radius 1 is 1.33 bits per heavy atom. The number of quaternary nitrogens is 1. The summed E-state index contributed by atoms with van der Waals surface area (Å²) in [5.74, 6) is 0. The molecule has 1 atom stereocenters. The van der Waals surface area contributed by atoms with Crippen LogP contribution in [0.25, 0.3) is 0 Å². The Morgan fingerprint density at radius 2 is 1.78 bits per heavy atom. The fourth-order valence-corrected chi connectivity index (χ4v) is 0.614. The zero-order chi connectivity index (χ0) is 7.49. The molecule has 9 heavy (non-hydrogen) atoms. The van der Waals surface area contributed by atoms with Crippen molar-refractivity contribution in [2.24, 2.45) is 0 Å². The van der Waals surface area contributed by atoms with Crippen molar-refractivity contribution in [2.45, 2.75) is 26.4 Å². The summed E-state index contributed by atoms with van der Waals surface area (Å²) in [6.07, 6.45) is 1.44. The van der Waals surface area contributed by atoms with Gasteiger partial charge in [0.15, 0.2) is 0 Å². The molecule has 0 saturated carbocycles. The van der Waals surface area contributed by atoms with Crippen molar-refractivity contribution in [1.29, 1.82) is 0 Å². The molecule has 0 saturated heterocycles. The Labute approximate surface area is 58.0 Å². The van der Waals surface area contributed by atoms with Gasteiger partial charge in [0.1, 0.15) is 6.10 Å². The predicted molar refractivity (Wildman–Crippen MR) is 38.9 cm³/mol. The lowest BCUT2D eigenvalue weighted by molar-refractivity contribution is -1.07. The molecule has 56 valence electrons. The van der Waals surface area contributed by atoms with Crippen LogP contribution < -0.4 is 0 Å². The second-order valence-corrected chi connectivity index (χ2v) is 3.21. The second kappa shape index (κ2) is 3.18. The third kappa shape index (κ3) is 5.80. The average molecular weight is 132 g/mol. The molecule has 0 rings (SSSR count). The fourth-order valence-electron chi connectivity index (χ4n) is 0.614. The van der Waals surface area contributed by atoms with Gasteiger partial charge in [-0.1, -0.05) is 6.92 Å². The highest BCUT2D eigenvalue weighted by Crippen LogP contribution is 2.02. The normalized spacial score (nSPS) is 15.7. The van der Waals surface area contributed by atoms with Crippen molar-refractivity contribution in [1.82, 2.24) is 0 Å². The molecule has 1 unspecified atom stereocenters. The van der Waals surface area contributed by atoms with Gasteiger partial charge in [-0.15, -0.1) is 0 Å². The monoisotopic (exact) mass is 132 g/mol. The first-order valence-electron chi connectivity index (χ1n) is 3.45. The van der Waals surface area contributed by atoms with Gasteiger partial charge in [-0.2, -0.15) is 4.65 Å². The van der Waals surface area contributed by atoms with Crippen LogP contribution in [0, 0.1) is 0 Å². The quantitative estimate of drug-likeness (QED) is 0.417. The highest BCUT2D eigenvalue weighted by molar-refractivity contribution is 4.37. The molecule has 0 N–H and O–H groups in total. The topological polar surface area (TPSA) is 9.23 Å². The molecule has 0 amide bonds. The molecule has 0 aliphatic carbocycles. The van der Waals surface area contributed by atoms with Crippen LogP contribution in [0.1, 0.15) is 20.3 Å². The lowest BCUT2D eigenvalue weighted by Crippen LogP contribution is -2.37. The molecule has 0 bridgehead atoms. The maximum Gasteiger partial charge on any atom is 0.114 e. The maximum absolute atomic E-state index is 5.52. The predicted octanol–water partition coefficient (Wildman–Crippen LogP) is 1.42. The minimum Gasteiger partial charge on any atom is -0.201 e. The number of hydroxylamine groups is 3. The zero-order valence-corrected chi connectivity index (χ0v) is 7.14. The molecule has 0 aromatic carbocycles. The van der Waals surface area contributed by atoms with Gasteiger partial charge < -0.3 is 0 Å². The van der Waals surface area contributed by atoms with Gasteiger partial charge in [-0.3, -0.25) is 0 Å². The average Bonchev–Trinajstić information content (AvgIpc) is 1.62. The van der Waals surface area contributed by atoms with E-state index in [1.54, 1.807) is 0 Å². The van der Waals surface area contributed by atoms with E-state index in [4.69, 9.17) is 4.84 Å². The largest absolute Gasteiger partial charge is 0.201 e. The first-order chi connectivity index (χ1) is 3.95. The highest BCUT2D eigenvalue weighted by atomic mass is 16.7. The lowest BCUT2D eigenvalue weighted by Gasteiger charge is -2.24. The van der Waals surface area contributed by atoms with Crippen LogP contribution in [0.5, 0.6) is 0 Å². The van der Waals surface area contributed by atoms with Gasteiger partial charge >= 0.3 is 0 Å². The summed E-state index contributed by atoms with van der Waals surface area (Å²) in [5.41, 5.74) is 0. The van der Waals surface area contributed by atoms with Crippen LogP contribution in [0.15, 0.2) is 0 Å². The minimum atomic E-state index is 0.366. The van der Waals surface area contributed by atoms with E-state index in [2.05, 4.69) is 13.8 Å². The van der Waals surface area contributed by atoms with Gasteiger partial charge in [-0.25, -0.2) is 4.84 Å². The van der Waals surface area contributed by atoms with Crippen LogP contribution in [-0.2, 0) is 4.84 Å². The molecule has 0 aromatic heterocycles. The van der Waals surface area contributed by atoms with Crippen molar-refractivity contribution in [3.05, 3.63) is 0 Å². The highest BCUT2D eigenvalue weighted by Gasteiger charge is 2.12. The van der Waals surface area contributed by atoms with Gasteiger partial charge in [0, 0.05) is 0 Å². The summed E-state index contributed by atoms with van der Waals surface area (Å²) >= 11 is 0. The third-order valence-electron chi connectivity index (χ3n) is 1.07. The number of hydrogen-bond acceptors (Lipinski definition) is 1. The first-order valence-corrected chi connectivity index (χ1v) is 3.45. The van der Waals surface area contributed by atoms with E-state index in [0.29, 0.717) is 10.8 Å². The van der Waals surface area contributed by atoms with Gasteiger partial charge in [-0.05, 0) is 13.3 Å². The lowest BCUT2D eigenvalue weighted by atomic mass is 10.3. The summed E-state index contributed by atoms with van der Waals surface area (Å²) in [6, 6.07) is 0. The summed E-state index contributed by atoms with van der Waals surface area (Å²) in [7, 11) is 6.06. The summed E-state index contributed by atoms with van der Waals surface area (Å²) in [5, 5.41) is 0. The van der Waals surface area contributed by atoms with Gasteiger partial charge in [0.2, 0.25) is 0 Å². The standard InChI is InChI=1S/C7H18NO/c1-6-7(2)9-8(3,4)5/h7H,6H2,1-5H3/q+1. The van der Waals surface area contributed by atoms with Gasteiger partial charge in [0.25, 0.3) is 0 Å². The van der Waals surface area contributed by atoms with Crippen LogP contribution >= 0.6 is 0 Å². The number of rotatable bonds is 3.